The summed E-state index contributed by atoms with van der Waals surface area (Å²) in [5, 5.41) is 9.48. The topological polar surface area (TPSA) is 49.8 Å². The van der Waals surface area contributed by atoms with E-state index in [0.717, 1.165) is 17.2 Å². The zero-order valence-electron chi connectivity index (χ0n) is 25.9. The third kappa shape index (κ3) is 10.5. The van der Waals surface area contributed by atoms with Crippen molar-refractivity contribution < 1.29 is 27.8 Å². The fraction of sp³-hybridized carbons (Fsp3) is 0.324. The number of ether oxygens (including phenoxy) is 1. The Balaban J connectivity index is 0.00000576. The van der Waals surface area contributed by atoms with Crippen molar-refractivity contribution in [1.29, 1.82) is 0 Å². The van der Waals surface area contributed by atoms with Crippen molar-refractivity contribution in [2.24, 2.45) is 5.92 Å². The number of halogens is 5. The van der Waals surface area contributed by atoms with Crippen molar-refractivity contribution in [3.05, 3.63) is 136 Å². The van der Waals surface area contributed by atoms with E-state index < -0.39 is 23.6 Å². The molecule has 0 saturated heterocycles. The molecule has 4 aromatic carbocycles. The SMILES string of the molecule is CC(C)CC(C(=O)O)c1cccc(OCCCN(Cc2cccc(C(F)(F)F)c2Cl)CC(c2ccccc2)c2ccccc2)c1.Cl. The Kier molecular flexibility index (Phi) is 14.0. The molecule has 1 atom stereocenters. The Morgan fingerprint density at radius 2 is 1.46 bits per heavy atom. The first-order valence-electron chi connectivity index (χ1n) is 15.1. The van der Waals surface area contributed by atoms with Gasteiger partial charge in [-0.3, -0.25) is 9.69 Å². The van der Waals surface area contributed by atoms with Crippen LogP contribution in [-0.4, -0.2) is 35.7 Å². The summed E-state index contributed by atoms with van der Waals surface area (Å²) in [4.78, 5) is 14.0. The largest absolute Gasteiger partial charge is 0.494 e. The quantitative estimate of drug-likeness (QED) is 0.128. The van der Waals surface area contributed by atoms with Gasteiger partial charge in [-0.1, -0.05) is 110 Å². The van der Waals surface area contributed by atoms with E-state index in [0.29, 0.717) is 49.4 Å². The van der Waals surface area contributed by atoms with Gasteiger partial charge in [0.05, 0.1) is 23.1 Å². The van der Waals surface area contributed by atoms with E-state index in [9.17, 15) is 23.1 Å². The highest BCUT2D eigenvalue weighted by Gasteiger charge is 2.34. The Bertz CT molecular complexity index is 1480. The van der Waals surface area contributed by atoms with Gasteiger partial charge in [0, 0.05) is 25.6 Å². The molecule has 0 saturated carbocycles. The molecule has 4 nitrogen and oxygen atoms in total. The van der Waals surface area contributed by atoms with Crippen LogP contribution in [0.25, 0.3) is 0 Å². The average molecular weight is 675 g/mol. The van der Waals surface area contributed by atoms with Gasteiger partial charge in [0.25, 0.3) is 0 Å². The van der Waals surface area contributed by atoms with Crippen molar-refractivity contribution in [2.45, 2.75) is 51.2 Å². The third-order valence-electron chi connectivity index (χ3n) is 7.78. The minimum absolute atomic E-state index is 0. The van der Waals surface area contributed by atoms with Crippen LogP contribution < -0.4 is 4.74 Å². The molecule has 0 amide bonds. The number of rotatable bonds is 15. The molecular formula is C37H40Cl2F3NO3. The lowest BCUT2D eigenvalue weighted by Gasteiger charge is -2.29. The van der Waals surface area contributed by atoms with E-state index in [1.807, 2.05) is 56.3 Å². The predicted molar refractivity (Wildman–Crippen MR) is 180 cm³/mol. The highest BCUT2D eigenvalue weighted by molar-refractivity contribution is 6.32. The van der Waals surface area contributed by atoms with Crippen LogP contribution >= 0.6 is 24.0 Å². The summed E-state index contributed by atoms with van der Waals surface area (Å²) in [6.07, 6.45) is -3.44. The second-order valence-corrected chi connectivity index (χ2v) is 12.1. The predicted octanol–water partition coefficient (Wildman–Crippen LogP) is 10.1. The molecule has 0 spiro atoms. The molecule has 1 unspecified atom stereocenters. The number of carboxylic acid groups (broad SMARTS) is 1. The number of nitrogens with zero attached hydrogens (tertiary/aromatic N) is 1. The van der Waals surface area contributed by atoms with Crippen molar-refractivity contribution >= 4 is 30.0 Å². The highest BCUT2D eigenvalue weighted by atomic mass is 35.5. The number of aliphatic carboxylic acids is 1. The molecule has 4 rings (SSSR count). The lowest BCUT2D eigenvalue weighted by molar-refractivity contribution is -0.139. The minimum atomic E-state index is -4.55. The summed E-state index contributed by atoms with van der Waals surface area (Å²) in [6, 6.07) is 31.3. The molecule has 1 N–H and O–H groups in total. The number of carbonyl (C=O) groups is 1. The maximum absolute atomic E-state index is 13.7. The minimum Gasteiger partial charge on any atom is -0.494 e. The first kappa shape index (κ1) is 36.9. The van der Waals surface area contributed by atoms with Gasteiger partial charge in [0.1, 0.15) is 5.75 Å². The van der Waals surface area contributed by atoms with Gasteiger partial charge < -0.3 is 9.84 Å². The Labute approximate surface area is 280 Å². The summed E-state index contributed by atoms with van der Waals surface area (Å²) in [7, 11) is 0. The number of carboxylic acids is 1. The Morgan fingerprint density at radius 3 is 2.02 bits per heavy atom. The summed E-state index contributed by atoms with van der Waals surface area (Å²) < 4.78 is 47.0. The van der Waals surface area contributed by atoms with E-state index in [2.05, 4.69) is 29.2 Å². The van der Waals surface area contributed by atoms with Gasteiger partial charge in [-0.2, -0.15) is 13.2 Å². The fourth-order valence-electron chi connectivity index (χ4n) is 5.58. The molecule has 9 heteroatoms. The van der Waals surface area contributed by atoms with Crippen LogP contribution in [0.2, 0.25) is 5.02 Å². The highest BCUT2D eigenvalue weighted by Crippen LogP contribution is 2.37. The van der Waals surface area contributed by atoms with Crippen molar-refractivity contribution in [3.63, 3.8) is 0 Å². The van der Waals surface area contributed by atoms with Gasteiger partial charge in [-0.25, -0.2) is 0 Å². The monoisotopic (exact) mass is 673 g/mol. The van der Waals surface area contributed by atoms with E-state index >= 15 is 0 Å². The Hall–Kier alpha value is -3.52. The molecule has 0 radical (unpaired) electrons. The summed E-state index contributed by atoms with van der Waals surface area (Å²) in [5.41, 5.74) is 2.47. The van der Waals surface area contributed by atoms with Crippen LogP contribution in [0.3, 0.4) is 0 Å². The molecule has 0 heterocycles. The first-order chi connectivity index (χ1) is 21.5. The third-order valence-corrected chi connectivity index (χ3v) is 8.22. The number of alkyl halides is 3. The first-order valence-corrected chi connectivity index (χ1v) is 15.5. The summed E-state index contributed by atoms with van der Waals surface area (Å²) >= 11 is 6.33. The van der Waals surface area contributed by atoms with Crippen molar-refractivity contribution in [3.8, 4) is 5.75 Å². The zero-order valence-corrected chi connectivity index (χ0v) is 27.5. The summed E-state index contributed by atoms with van der Waals surface area (Å²) in [6.45, 7) is 5.64. The molecule has 0 fully saturated rings. The second-order valence-electron chi connectivity index (χ2n) is 11.7. The lowest BCUT2D eigenvalue weighted by atomic mass is 9.90. The van der Waals surface area contributed by atoms with Gasteiger partial charge in [0.2, 0.25) is 0 Å². The van der Waals surface area contributed by atoms with Crippen LogP contribution in [0.1, 0.15) is 66.3 Å². The van der Waals surface area contributed by atoms with Crippen molar-refractivity contribution in [2.75, 3.05) is 19.7 Å². The molecule has 4 aromatic rings. The normalized spacial score (nSPS) is 12.3. The maximum atomic E-state index is 13.7. The van der Waals surface area contributed by atoms with Crippen LogP contribution in [0.5, 0.6) is 5.75 Å². The van der Waals surface area contributed by atoms with Crippen LogP contribution in [0, 0.1) is 5.92 Å². The van der Waals surface area contributed by atoms with Gasteiger partial charge in [-0.15, -0.1) is 12.4 Å². The van der Waals surface area contributed by atoms with E-state index in [-0.39, 0.29) is 35.8 Å². The van der Waals surface area contributed by atoms with Crippen LogP contribution in [-0.2, 0) is 17.5 Å². The van der Waals surface area contributed by atoms with E-state index in [1.54, 1.807) is 24.3 Å². The molecule has 246 valence electrons. The average Bonchev–Trinajstić information content (AvgIpc) is 3.01. The molecule has 0 aliphatic heterocycles. The van der Waals surface area contributed by atoms with Crippen LogP contribution in [0.15, 0.2) is 103 Å². The molecule has 0 aliphatic rings. The number of hydrogen-bond donors (Lipinski definition) is 1. The lowest BCUT2D eigenvalue weighted by Crippen LogP contribution is -2.31. The molecule has 0 aliphatic carbocycles. The van der Waals surface area contributed by atoms with E-state index in [1.165, 1.54) is 6.07 Å². The van der Waals surface area contributed by atoms with Gasteiger partial charge in [-0.05, 0) is 59.2 Å². The van der Waals surface area contributed by atoms with E-state index in [4.69, 9.17) is 16.3 Å². The Morgan fingerprint density at radius 1 is 0.870 bits per heavy atom. The van der Waals surface area contributed by atoms with Gasteiger partial charge in [0.15, 0.2) is 0 Å². The smallest absolute Gasteiger partial charge is 0.417 e. The molecular weight excluding hydrogens is 634 g/mol. The fourth-order valence-corrected chi connectivity index (χ4v) is 5.87. The number of hydrogen-bond acceptors (Lipinski definition) is 3. The molecule has 0 bridgehead atoms. The number of benzene rings is 4. The second kappa shape index (κ2) is 17.4. The van der Waals surface area contributed by atoms with Gasteiger partial charge >= 0.3 is 12.1 Å². The molecule has 46 heavy (non-hydrogen) atoms. The maximum Gasteiger partial charge on any atom is 0.417 e. The van der Waals surface area contributed by atoms with Crippen LogP contribution in [0.4, 0.5) is 13.2 Å². The molecule has 0 aromatic heterocycles. The summed E-state index contributed by atoms with van der Waals surface area (Å²) in [5.74, 6) is -0.696. The van der Waals surface area contributed by atoms with Crippen molar-refractivity contribution in [1.82, 2.24) is 4.90 Å². The zero-order chi connectivity index (χ0) is 32.4. The standard InChI is InChI=1S/C37H39ClF3NO3.ClH/c1-26(2)22-32(36(43)44)29-16-9-18-31(23-29)45-21-11-20-42(24-30-17-10-19-34(35(30)38)37(39,40)41)25-33(27-12-5-3-6-13-27)28-14-7-4-8-15-28;/h3-10,12-19,23,26,32-33H,11,20-22,24-25H2,1-2H3,(H,43,44);1H.